The number of hydrogen-bond donors (Lipinski definition) is 3. The Balaban J connectivity index is 2.17. The number of nitrogens with two attached hydrogens (primary N) is 1. The van der Waals surface area contributed by atoms with Gasteiger partial charge in [0.2, 0.25) is 0 Å². The van der Waals surface area contributed by atoms with Crippen LogP contribution in [-0.4, -0.2) is 45.9 Å². The van der Waals surface area contributed by atoms with E-state index in [1.165, 1.54) is 0 Å². The summed E-state index contributed by atoms with van der Waals surface area (Å²) in [5, 5.41) is 20.3. The summed E-state index contributed by atoms with van der Waals surface area (Å²) in [4.78, 5) is 18.3. The number of carboxylic acids is 1. The SMILES string of the molecule is CC(C)C[C@H](N)[C@](O)(Cc1cc(N2CCC(C)(C)CC2)ccn1)C(=O)O. The molecule has 0 bridgehead atoms. The molecule has 1 fully saturated rings. The van der Waals surface area contributed by atoms with Gasteiger partial charge in [0.05, 0.1) is 0 Å². The molecular formula is C20H33N3O3. The van der Waals surface area contributed by atoms with Gasteiger partial charge in [0.25, 0.3) is 0 Å². The van der Waals surface area contributed by atoms with Gasteiger partial charge in [0.15, 0.2) is 5.60 Å². The third-order valence-electron chi connectivity index (χ3n) is 5.44. The molecule has 1 aliphatic heterocycles. The third kappa shape index (κ3) is 4.95. The van der Waals surface area contributed by atoms with Gasteiger partial charge in [-0.05, 0) is 42.7 Å². The Kier molecular flexibility index (Phi) is 6.29. The van der Waals surface area contributed by atoms with Crippen molar-refractivity contribution >= 4 is 11.7 Å². The lowest BCUT2D eigenvalue weighted by molar-refractivity contribution is -0.161. The van der Waals surface area contributed by atoms with Crippen LogP contribution in [0.5, 0.6) is 0 Å². The first-order valence-electron chi connectivity index (χ1n) is 9.45. The Morgan fingerprint density at radius 3 is 2.54 bits per heavy atom. The van der Waals surface area contributed by atoms with E-state index >= 15 is 0 Å². The molecule has 26 heavy (non-hydrogen) atoms. The molecule has 0 unspecified atom stereocenters. The molecular weight excluding hydrogens is 330 g/mol. The molecule has 0 amide bonds. The van der Waals surface area contributed by atoms with E-state index in [0.29, 0.717) is 17.5 Å². The highest BCUT2D eigenvalue weighted by atomic mass is 16.4. The van der Waals surface area contributed by atoms with Crippen molar-refractivity contribution in [3.05, 3.63) is 24.0 Å². The molecule has 1 aromatic heterocycles. The lowest BCUT2D eigenvalue weighted by Crippen LogP contribution is -2.56. The topological polar surface area (TPSA) is 99.7 Å². The van der Waals surface area contributed by atoms with Crippen LogP contribution in [0.4, 0.5) is 5.69 Å². The number of carboxylic acid groups (broad SMARTS) is 1. The maximum atomic E-state index is 11.7. The maximum Gasteiger partial charge on any atom is 0.337 e. The van der Waals surface area contributed by atoms with E-state index in [1.54, 1.807) is 6.20 Å². The van der Waals surface area contributed by atoms with Crippen molar-refractivity contribution in [1.29, 1.82) is 0 Å². The molecule has 2 rings (SSSR count). The number of aliphatic carboxylic acids is 1. The zero-order valence-corrected chi connectivity index (χ0v) is 16.4. The van der Waals surface area contributed by atoms with Gasteiger partial charge in [-0.25, -0.2) is 4.79 Å². The molecule has 146 valence electrons. The number of aliphatic hydroxyl groups is 1. The van der Waals surface area contributed by atoms with Gasteiger partial charge in [-0.15, -0.1) is 0 Å². The van der Waals surface area contributed by atoms with Crippen LogP contribution in [-0.2, 0) is 11.2 Å². The third-order valence-corrected chi connectivity index (χ3v) is 5.44. The van der Waals surface area contributed by atoms with E-state index in [-0.39, 0.29) is 12.3 Å². The fourth-order valence-electron chi connectivity index (χ4n) is 3.47. The van der Waals surface area contributed by atoms with Crippen molar-refractivity contribution in [2.75, 3.05) is 18.0 Å². The molecule has 0 radical (unpaired) electrons. The van der Waals surface area contributed by atoms with Gasteiger partial charge in [0.1, 0.15) is 0 Å². The van der Waals surface area contributed by atoms with Gasteiger partial charge >= 0.3 is 5.97 Å². The molecule has 0 saturated carbocycles. The second-order valence-electron chi connectivity index (χ2n) is 8.80. The first-order valence-corrected chi connectivity index (χ1v) is 9.45. The smallest absolute Gasteiger partial charge is 0.337 e. The summed E-state index contributed by atoms with van der Waals surface area (Å²) in [6, 6.07) is 2.98. The summed E-state index contributed by atoms with van der Waals surface area (Å²) in [6.07, 6.45) is 4.25. The number of nitrogens with zero attached hydrogens (tertiary/aromatic N) is 2. The molecule has 6 nitrogen and oxygen atoms in total. The zero-order valence-electron chi connectivity index (χ0n) is 16.4. The minimum atomic E-state index is -2.01. The summed E-state index contributed by atoms with van der Waals surface area (Å²) in [7, 11) is 0. The summed E-state index contributed by atoms with van der Waals surface area (Å²) >= 11 is 0. The predicted molar refractivity (Wildman–Crippen MR) is 103 cm³/mol. The van der Waals surface area contributed by atoms with Crippen molar-refractivity contribution in [3.8, 4) is 0 Å². The molecule has 0 aromatic carbocycles. The summed E-state index contributed by atoms with van der Waals surface area (Å²) in [5.74, 6) is -1.09. The largest absolute Gasteiger partial charge is 0.479 e. The predicted octanol–water partition coefficient (Wildman–Crippen LogP) is 2.44. The van der Waals surface area contributed by atoms with Gasteiger partial charge in [-0.3, -0.25) is 4.98 Å². The normalized spacial score (nSPS) is 20.7. The van der Waals surface area contributed by atoms with Crippen LogP contribution < -0.4 is 10.6 Å². The Hall–Kier alpha value is -1.66. The van der Waals surface area contributed by atoms with Crippen LogP contribution in [0.2, 0.25) is 0 Å². The molecule has 0 aliphatic carbocycles. The monoisotopic (exact) mass is 363 g/mol. The first-order chi connectivity index (χ1) is 12.0. The summed E-state index contributed by atoms with van der Waals surface area (Å²) < 4.78 is 0. The Morgan fingerprint density at radius 1 is 1.38 bits per heavy atom. The fourth-order valence-corrected chi connectivity index (χ4v) is 3.47. The number of anilines is 1. The van der Waals surface area contributed by atoms with Crippen LogP contribution in [0, 0.1) is 11.3 Å². The molecule has 4 N–H and O–H groups in total. The number of hydrogen-bond acceptors (Lipinski definition) is 5. The minimum Gasteiger partial charge on any atom is -0.479 e. The number of rotatable bonds is 7. The molecule has 6 heteroatoms. The highest BCUT2D eigenvalue weighted by molar-refractivity contribution is 5.78. The average Bonchev–Trinajstić information content (AvgIpc) is 2.54. The number of carbonyl (C=O) groups is 1. The second kappa shape index (κ2) is 7.92. The number of pyridine rings is 1. The summed E-state index contributed by atoms with van der Waals surface area (Å²) in [6.45, 7) is 10.4. The maximum absolute atomic E-state index is 11.7. The Labute approximate surface area is 156 Å². The molecule has 1 saturated heterocycles. The van der Waals surface area contributed by atoms with Gasteiger partial charge in [-0.2, -0.15) is 0 Å². The highest BCUT2D eigenvalue weighted by Gasteiger charge is 2.43. The standard InChI is InChI=1S/C20H33N3O3/c1-14(2)11-17(21)20(26,18(24)25)13-15-12-16(5-8-22-15)23-9-6-19(3,4)7-10-23/h5,8,12,14,17,26H,6-7,9-11,13,21H2,1-4H3,(H,24,25)/t17-,20+/m0/s1. The van der Waals surface area contributed by atoms with Crippen LogP contribution >= 0.6 is 0 Å². The summed E-state index contributed by atoms with van der Waals surface area (Å²) in [5.41, 5.74) is 5.97. The molecule has 1 aromatic rings. The van der Waals surface area contributed by atoms with Crippen LogP contribution in [0.3, 0.4) is 0 Å². The first kappa shape index (κ1) is 20.6. The molecule has 1 aliphatic rings. The average molecular weight is 364 g/mol. The Bertz CT molecular complexity index is 622. The quantitative estimate of drug-likeness (QED) is 0.688. The van der Waals surface area contributed by atoms with E-state index in [0.717, 1.165) is 31.6 Å². The van der Waals surface area contributed by atoms with Crippen LogP contribution in [0.1, 0.15) is 52.7 Å². The Morgan fingerprint density at radius 2 is 2.00 bits per heavy atom. The second-order valence-corrected chi connectivity index (χ2v) is 8.80. The van der Waals surface area contributed by atoms with Crippen molar-refractivity contribution in [2.45, 2.75) is 65.0 Å². The van der Waals surface area contributed by atoms with Crippen LogP contribution in [0.25, 0.3) is 0 Å². The van der Waals surface area contributed by atoms with E-state index in [9.17, 15) is 15.0 Å². The fraction of sp³-hybridized carbons (Fsp3) is 0.700. The van der Waals surface area contributed by atoms with Gasteiger partial charge < -0.3 is 20.8 Å². The van der Waals surface area contributed by atoms with E-state index in [2.05, 4.69) is 23.7 Å². The number of aromatic nitrogens is 1. The van der Waals surface area contributed by atoms with Gasteiger partial charge in [0, 0.05) is 43.1 Å². The highest BCUT2D eigenvalue weighted by Crippen LogP contribution is 2.32. The zero-order chi connectivity index (χ0) is 19.5. The number of piperidine rings is 1. The molecule has 0 spiro atoms. The van der Waals surface area contributed by atoms with Crippen molar-refractivity contribution in [2.24, 2.45) is 17.1 Å². The van der Waals surface area contributed by atoms with E-state index in [1.807, 2.05) is 26.0 Å². The lowest BCUT2D eigenvalue weighted by atomic mass is 9.82. The van der Waals surface area contributed by atoms with Crippen molar-refractivity contribution < 1.29 is 15.0 Å². The van der Waals surface area contributed by atoms with E-state index < -0.39 is 17.6 Å². The molecule has 2 heterocycles. The lowest BCUT2D eigenvalue weighted by Gasteiger charge is -2.38. The minimum absolute atomic E-state index is 0.0939. The van der Waals surface area contributed by atoms with Crippen LogP contribution in [0.15, 0.2) is 18.3 Å². The van der Waals surface area contributed by atoms with Crippen molar-refractivity contribution in [1.82, 2.24) is 4.98 Å². The van der Waals surface area contributed by atoms with E-state index in [4.69, 9.17) is 5.73 Å². The van der Waals surface area contributed by atoms with Gasteiger partial charge in [-0.1, -0.05) is 27.7 Å². The molecule has 2 atom stereocenters. The van der Waals surface area contributed by atoms with Crippen molar-refractivity contribution in [3.63, 3.8) is 0 Å².